The van der Waals surface area contributed by atoms with Gasteiger partial charge in [-0.1, -0.05) is 25.5 Å². The maximum absolute atomic E-state index is 12.3. The van der Waals surface area contributed by atoms with Gasteiger partial charge in [0.15, 0.2) is 0 Å². The summed E-state index contributed by atoms with van der Waals surface area (Å²) in [5.41, 5.74) is -0.610. The first kappa shape index (κ1) is 13.8. The van der Waals surface area contributed by atoms with E-state index in [4.69, 9.17) is 4.74 Å². The molecule has 0 saturated heterocycles. The van der Waals surface area contributed by atoms with Crippen molar-refractivity contribution in [2.24, 2.45) is 0 Å². The van der Waals surface area contributed by atoms with Crippen molar-refractivity contribution < 1.29 is 17.9 Å². The number of allylic oxidation sites excluding steroid dienone is 2. The molecule has 0 bridgehead atoms. The van der Waals surface area contributed by atoms with E-state index in [1.54, 1.807) is 0 Å². The Balaban J connectivity index is 2.53. The highest BCUT2D eigenvalue weighted by molar-refractivity contribution is 9.10. The van der Waals surface area contributed by atoms with E-state index in [0.717, 1.165) is 25.0 Å². The normalized spacial score (nSPS) is 25.7. The van der Waals surface area contributed by atoms with Crippen molar-refractivity contribution in [3.63, 3.8) is 0 Å². The van der Waals surface area contributed by atoms with Crippen molar-refractivity contribution >= 4 is 15.9 Å². The first-order valence-electron chi connectivity index (χ1n) is 5.17. The van der Waals surface area contributed by atoms with Crippen LogP contribution in [0.4, 0.5) is 13.2 Å². The number of hydrogen-bond acceptors (Lipinski definition) is 1. The summed E-state index contributed by atoms with van der Waals surface area (Å²) < 4.78 is 41.7. The van der Waals surface area contributed by atoms with Crippen molar-refractivity contribution in [3.05, 3.63) is 23.8 Å². The Labute approximate surface area is 101 Å². The molecule has 16 heavy (non-hydrogen) atoms. The fraction of sp³-hybridized carbons (Fsp3) is 0.636. The van der Waals surface area contributed by atoms with Gasteiger partial charge >= 0.3 is 6.18 Å². The molecule has 0 aliphatic heterocycles. The second kappa shape index (κ2) is 5.36. The van der Waals surface area contributed by atoms with Crippen LogP contribution < -0.4 is 0 Å². The van der Waals surface area contributed by atoms with Gasteiger partial charge in [-0.25, -0.2) is 0 Å². The van der Waals surface area contributed by atoms with Crippen LogP contribution in [0.3, 0.4) is 0 Å². The van der Waals surface area contributed by atoms with E-state index in [1.807, 2.05) is 6.92 Å². The summed E-state index contributed by atoms with van der Waals surface area (Å²) in [6.07, 6.45) is 1.46. The minimum Gasteiger partial charge on any atom is -0.360 e. The highest BCUT2D eigenvalue weighted by Gasteiger charge is 2.36. The third-order valence-corrected chi connectivity index (χ3v) is 3.10. The topological polar surface area (TPSA) is 9.23 Å². The summed E-state index contributed by atoms with van der Waals surface area (Å²) in [5.74, 6) is 0. The van der Waals surface area contributed by atoms with Crippen LogP contribution in [0.15, 0.2) is 23.8 Å². The van der Waals surface area contributed by atoms with E-state index >= 15 is 0 Å². The largest absolute Gasteiger partial charge is 0.416 e. The molecule has 0 heterocycles. The Kier molecular flexibility index (Phi) is 4.62. The fourth-order valence-electron chi connectivity index (χ4n) is 1.30. The Morgan fingerprint density at radius 1 is 1.50 bits per heavy atom. The Hall–Kier alpha value is -0.290. The van der Waals surface area contributed by atoms with Crippen LogP contribution in [-0.2, 0) is 4.74 Å². The number of halogens is 4. The van der Waals surface area contributed by atoms with Crippen LogP contribution in [0.5, 0.6) is 0 Å². The lowest BCUT2D eigenvalue weighted by Gasteiger charge is -2.26. The second-order valence-electron chi connectivity index (χ2n) is 3.68. The molecule has 0 aromatic rings. The fourth-order valence-corrected chi connectivity index (χ4v) is 1.76. The van der Waals surface area contributed by atoms with E-state index in [9.17, 15) is 13.2 Å². The van der Waals surface area contributed by atoms with Gasteiger partial charge in [0.2, 0.25) is 0 Å². The predicted octanol–water partition coefficient (Wildman–Crippen LogP) is 4.34. The Morgan fingerprint density at radius 2 is 2.19 bits per heavy atom. The minimum absolute atomic E-state index is 0.196. The molecule has 0 N–H and O–H groups in total. The summed E-state index contributed by atoms with van der Waals surface area (Å²) in [5, 5.41) is 0. The number of hydrogen-bond donors (Lipinski definition) is 0. The molecule has 1 unspecified atom stereocenters. The highest BCUT2D eigenvalue weighted by Crippen LogP contribution is 2.36. The molecule has 1 rings (SSSR count). The quantitative estimate of drug-likeness (QED) is 0.554. The Morgan fingerprint density at radius 3 is 2.62 bits per heavy atom. The highest BCUT2D eigenvalue weighted by atomic mass is 79.9. The van der Waals surface area contributed by atoms with Crippen LogP contribution in [-0.4, -0.2) is 17.3 Å². The lowest BCUT2D eigenvalue weighted by Crippen LogP contribution is -2.26. The molecule has 0 aromatic heterocycles. The third kappa shape index (κ3) is 3.94. The summed E-state index contributed by atoms with van der Waals surface area (Å²) in [4.78, 5) is 0. The van der Waals surface area contributed by atoms with E-state index in [0.29, 0.717) is 6.61 Å². The molecule has 0 spiro atoms. The van der Waals surface area contributed by atoms with Crippen LogP contribution in [0, 0.1) is 0 Å². The van der Waals surface area contributed by atoms with Crippen LogP contribution in [0.25, 0.3) is 0 Å². The SMILES string of the molecule is CCCCOC1(Br)C=CC(C(F)(F)F)=CC1. The number of rotatable bonds is 4. The molecule has 5 heteroatoms. The monoisotopic (exact) mass is 298 g/mol. The standard InChI is InChI=1S/C11H14BrF3O/c1-2-3-8-16-10(12)6-4-9(5-7-10)11(13,14)15/h4-6H,2-3,7-8H2,1H3. The van der Waals surface area contributed by atoms with Crippen LogP contribution in [0.1, 0.15) is 26.2 Å². The van der Waals surface area contributed by atoms with Gasteiger partial charge in [-0.15, -0.1) is 0 Å². The van der Waals surface area contributed by atoms with Crippen molar-refractivity contribution in [3.8, 4) is 0 Å². The molecule has 1 aliphatic carbocycles. The molecular formula is C11H14BrF3O. The van der Waals surface area contributed by atoms with Gasteiger partial charge in [-0.05, 0) is 28.4 Å². The third-order valence-electron chi connectivity index (χ3n) is 2.28. The van der Waals surface area contributed by atoms with Gasteiger partial charge < -0.3 is 4.74 Å². The van der Waals surface area contributed by atoms with Gasteiger partial charge in [0.25, 0.3) is 0 Å². The van der Waals surface area contributed by atoms with Crippen molar-refractivity contribution in [2.45, 2.75) is 36.9 Å². The van der Waals surface area contributed by atoms with E-state index in [2.05, 4.69) is 15.9 Å². The number of unbranched alkanes of at least 4 members (excludes halogenated alkanes) is 1. The number of alkyl halides is 4. The Bertz CT molecular complexity index is 296. The van der Waals surface area contributed by atoms with Gasteiger partial charge in [-0.2, -0.15) is 13.2 Å². The summed E-state index contributed by atoms with van der Waals surface area (Å²) in [6.45, 7) is 2.57. The van der Waals surface area contributed by atoms with Gasteiger partial charge in [0, 0.05) is 13.0 Å². The maximum atomic E-state index is 12.3. The van der Waals surface area contributed by atoms with Crippen LogP contribution >= 0.6 is 15.9 Å². The van der Waals surface area contributed by atoms with Gasteiger partial charge in [-0.3, -0.25) is 0 Å². The molecule has 0 amide bonds. The molecule has 1 aliphatic rings. The lowest BCUT2D eigenvalue weighted by molar-refractivity contribution is -0.0891. The first-order valence-corrected chi connectivity index (χ1v) is 5.96. The number of ether oxygens (including phenoxy) is 1. The summed E-state index contributed by atoms with van der Waals surface area (Å²) >= 11 is 3.30. The van der Waals surface area contributed by atoms with Crippen molar-refractivity contribution in [1.29, 1.82) is 0 Å². The smallest absolute Gasteiger partial charge is 0.360 e. The van der Waals surface area contributed by atoms with Crippen molar-refractivity contribution in [2.75, 3.05) is 6.61 Å². The molecule has 0 aromatic carbocycles. The zero-order chi connectivity index (χ0) is 12.2. The summed E-state index contributed by atoms with van der Waals surface area (Å²) in [6, 6.07) is 0. The van der Waals surface area contributed by atoms with Crippen LogP contribution in [0.2, 0.25) is 0 Å². The maximum Gasteiger partial charge on any atom is 0.416 e. The minimum atomic E-state index is -4.27. The molecule has 92 valence electrons. The molecule has 0 radical (unpaired) electrons. The predicted molar refractivity (Wildman–Crippen MR) is 60.4 cm³/mol. The van der Waals surface area contributed by atoms with Gasteiger partial charge in [0.1, 0.15) is 4.51 Å². The van der Waals surface area contributed by atoms with Gasteiger partial charge in [0.05, 0.1) is 5.57 Å². The molecule has 1 nitrogen and oxygen atoms in total. The zero-order valence-electron chi connectivity index (χ0n) is 8.98. The van der Waals surface area contributed by atoms with E-state index in [-0.39, 0.29) is 6.42 Å². The molecule has 0 fully saturated rings. The molecular weight excluding hydrogens is 285 g/mol. The van der Waals surface area contributed by atoms with E-state index in [1.165, 1.54) is 6.08 Å². The average molecular weight is 299 g/mol. The second-order valence-corrected chi connectivity index (χ2v) is 5.03. The van der Waals surface area contributed by atoms with E-state index < -0.39 is 16.3 Å². The lowest BCUT2D eigenvalue weighted by atomic mass is 10.0. The zero-order valence-corrected chi connectivity index (χ0v) is 10.6. The van der Waals surface area contributed by atoms with Crippen molar-refractivity contribution in [1.82, 2.24) is 0 Å². The average Bonchev–Trinajstić information content (AvgIpc) is 2.17. The summed E-state index contributed by atoms with van der Waals surface area (Å²) in [7, 11) is 0. The first-order chi connectivity index (χ1) is 7.37. The molecule has 0 saturated carbocycles. The molecule has 1 atom stereocenters.